The average molecular weight is 493 g/mol. The number of halogens is 2. The third kappa shape index (κ3) is 5.19. The van der Waals surface area contributed by atoms with Gasteiger partial charge in [-0.25, -0.2) is 9.37 Å². The van der Waals surface area contributed by atoms with Gasteiger partial charge in [0.1, 0.15) is 12.2 Å². The SMILES string of the molecule is O=C(NC(c1ccccc1)c1ccc(C2CC2)c(F)n1)C1CC(F)CN1C(=O)Cc1ccc(=O)[nH]c1. The van der Waals surface area contributed by atoms with Gasteiger partial charge < -0.3 is 15.2 Å². The lowest BCUT2D eigenvalue weighted by Gasteiger charge is -2.26. The lowest BCUT2D eigenvalue weighted by molar-refractivity contribution is -0.138. The number of aromatic amines is 1. The number of hydrogen-bond donors (Lipinski definition) is 2. The molecule has 0 spiro atoms. The molecule has 2 N–H and O–H groups in total. The van der Waals surface area contributed by atoms with Crippen LogP contribution in [-0.4, -0.2) is 45.4 Å². The van der Waals surface area contributed by atoms with Crippen molar-refractivity contribution in [3.8, 4) is 0 Å². The number of pyridine rings is 2. The first-order valence-electron chi connectivity index (χ1n) is 12.0. The van der Waals surface area contributed by atoms with Crippen molar-refractivity contribution in [1.82, 2.24) is 20.2 Å². The number of alkyl halides is 1. The van der Waals surface area contributed by atoms with E-state index in [1.807, 2.05) is 6.07 Å². The van der Waals surface area contributed by atoms with E-state index in [-0.39, 0.29) is 30.9 Å². The highest BCUT2D eigenvalue weighted by atomic mass is 19.1. The number of H-pyrrole nitrogens is 1. The Morgan fingerprint density at radius 1 is 1.11 bits per heavy atom. The molecule has 7 nitrogen and oxygen atoms in total. The summed E-state index contributed by atoms with van der Waals surface area (Å²) in [5.74, 6) is -1.31. The van der Waals surface area contributed by atoms with Crippen molar-refractivity contribution in [2.75, 3.05) is 6.54 Å². The molecule has 9 heteroatoms. The molecule has 2 fully saturated rings. The second kappa shape index (κ2) is 10.0. The Balaban J connectivity index is 1.37. The highest BCUT2D eigenvalue weighted by Crippen LogP contribution is 2.41. The number of benzene rings is 1. The first kappa shape index (κ1) is 23.8. The zero-order valence-corrected chi connectivity index (χ0v) is 19.5. The molecule has 2 amide bonds. The van der Waals surface area contributed by atoms with Gasteiger partial charge in [0.15, 0.2) is 0 Å². The summed E-state index contributed by atoms with van der Waals surface area (Å²) >= 11 is 0. The van der Waals surface area contributed by atoms with Gasteiger partial charge in [-0.05, 0) is 36.0 Å². The summed E-state index contributed by atoms with van der Waals surface area (Å²) in [5.41, 5.74) is 1.86. The maximum absolute atomic E-state index is 14.8. The van der Waals surface area contributed by atoms with Crippen LogP contribution in [0.4, 0.5) is 8.78 Å². The van der Waals surface area contributed by atoms with Crippen molar-refractivity contribution >= 4 is 11.8 Å². The topological polar surface area (TPSA) is 95.2 Å². The van der Waals surface area contributed by atoms with Gasteiger partial charge >= 0.3 is 0 Å². The van der Waals surface area contributed by atoms with E-state index in [4.69, 9.17) is 0 Å². The monoisotopic (exact) mass is 492 g/mol. The van der Waals surface area contributed by atoms with Crippen molar-refractivity contribution in [3.63, 3.8) is 0 Å². The van der Waals surface area contributed by atoms with Crippen LogP contribution in [0.25, 0.3) is 0 Å². The number of amides is 2. The van der Waals surface area contributed by atoms with Crippen LogP contribution in [0.1, 0.15) is 53.6 Å². The molecule has 0 radical (unpaired) electrons. The molecule has 1 saturated carbocycles. The van der Waals surface area contributed by atoms with Gasteiger partial charge in [0.25, 0.3) is 0 Å². The summed E-state index contributed by atoms with van der Waals surface area (Å²) in [6.45, 7) is -0.195. The Labute approximate surface area is 206 Å². The normalized spacial score (nSPS) is 20.2. The highest BCUT2D eigenvalue weighted by molar-refractivity contribution is 5.89. The van der Waals surface area contributed by atoms with Crippen LogP contribution in [0.15, 0.2) is 65.6 Å². The number of rotatable bonds is 7. The van der Waals surface area contributed by atoms with Crippen LogP contribution in [0.5, 0.6) is 0 Å². The van der Waals surface area contributed by atoms with Crippen molar-refractivity contribution in [2.45, 2.75) is 49.9 Å². The summed E-state index contributed by atoms with van der Waals surface area (Å²) in [7, 11) is 0. The second-order valence-corrected chi connectivity index (χ2v) is 9.38. The lowest BCUT2D eigenvalue weighted by Crippen LogP contribution is -2.47. The van der Waals surface area contributed by atoms with Gasteiger partial charge in [-0.3, -0.25) is 14.4 Å². The molecule has 0 bridgehead atoms. The Morgan fingerprint density at radius 2 is 1.89 bits per heavy atom. The van der Waals surface area contributed by atoms with Crippen LogP contribution in [0.2, 0.25) is 0 Å². The highest BCUT2D eigenvalue weighted by Gasteiger charge is 2.40. The van der Waals surface area contributed by atoms with E-state index < -0.39 is 36.0 Å². The summed E-state index contributed by atoms with van der Waals surface area (Å²) in [4.78, 5) is 45.5. The standard InChI is InChI=1S/C27H26F2N4O3/c28-19-13-22(33(15-19)24(35)12-16-6-11-23(34)30-14-16)27(36)32-25(18-4-2-1-3-5-18)21-10-9-20(17-7-8-17)26(29)31-21/h1-6,9-11,14,17,19,22,25H,7-8,12-13,15H2,(H,30,34)(H,32,36). The number of likely N-dealkylation sites (tertiary alicyclic amines) is 1. The number of hydrogen-bond acceptors (Lipinski definition) is 4. The Bertz CT molecular complexity index is 1310. The van der Waals surface area contributed by atoms with E-state index in [0.29, 0.717) is 22.4 Å². The Morgan fingerprint density at radius 3 is 2.56 bits per heavy atom. The zero-order chi connectivity index (χ0) is 25.2. The number of nitrogens with one attached hydrogen (secondary N) is 2. The number of aromatic nitrogens is 2. The molecule has 1 aliphatic carbocycles. The van der Waals surface area contributed by atoms with Crippen LogP contribution >= 0.6 is 0 Å². The van der Waals surface area contributed by atoms with E-state index in [2.05, 4.69) is 15.3 Å². The minimum absolute atomic E-state index is 0.0786. The molecule has 1 saturated heterocycles. The van der Waals surface area contributed by atoms with Crippen LogP contribution in [0.3, 0.4) is 0 Å². The average Bonchev–Trinajstić information content (AvgIpc) is 3.64. The third-order valence-corrected chi connectivity index (χ3v) is 6.71. The summed E-state index contributed by atoms with van der Waals surface area (Å²) < 4.78 is 29.2. The third-order valence-electron chi connectivity index (χ3n) is 6.71. The quantitative estimate of drug-likeness (QED) is 0.496. The van der Waals surface area contributed by atoms with Crippen molar-refractivity contribution in [1.29, 1.82) is 0 Å². The van der Waals surface area contributed by atoms with E-state index >= 15 is 0 Å². The molecule has 2 aliphatic rings. The fourth-order valence-electron chi connectivity index (χ4n) is 4.67. The molecule has 1 aromatic carbocycles. The maximum atomic E-state index is 14.8. The smallest absolute Gasteiger partial charge is 0.247 e. The minimum atomic E-state index is -1.34. The van der Waals surface area contributed by atoms with Crippen molar-refractivity contribution < 1.29 is 18.4 Å². The summed E-state index contributed by atoms with van der Waals surface area (Å²) in [6.07, 6.45) is 1.74. The molecular weight excluding hydrogens is 466 g/mol. The molecule has 1 aliphatic heterocycles. The first-order valence-corrected chi connectivity index (χ1v) is 12.0. The van der Waals surface area contributed by atoms with Crippen molar-refractivity contribution in [3.05, 3.63) is 99.5 Å². The molecular formula is C27H26F2N4O3. The van der Waals surface area contributed by atoms with Gasteiger partial charge in [-0.15, -0.1) is 0 Å². The largest absolute Gasteiger partial charge is 0.342 e. The second-order valence-electron chi connectivity index (χ2n) is 9.38. The van der Waals surface area contributed by atoms with E-state index in [1.165, 1.54) is 23.2 Å². The number of carbonyl (C=O) groups is 2. The predicted octanol–water partition coefficient (Wildman–Crippen LogP) is 3.17. The summed E-state index contributed by atoms with van der Waals surface area (Å²) in [6, 6.07) is 13.5. The number of nitrogens with zero attached hydrogens (tertiary/aromatic N) is 2. The molecule has 3 atom stereocenters. The molecule has 3 aromatic rings. The van der Waals surface area contributed by atoms with E-state index in [9.17, 15) is 23.2 Å². The van der Waals surface area contributed by atoms with Gasteiger partial charge in [0.05, 0.1) is 24.7 Å². The molecule has 2 aromatic heterocycles. The van der Waals surface area contributed by atoms with Gasteiger partial charge in [0, 0.05) is 24.2 Å². The lowest BCUT2D eigenvalue weighted by atomic mass is 10.0. The summed E-state index contributed by atoms with van der Waals surface area (Å²) in [5, 5.41) is 2.88. The van der Waals surface area contributed by atoms with Crippen LogP contribution < -0.4 is 10.9 Å². The van der Waals surface area contributed by atoms with Gasteiger partial charge in [-0.2, -0.15) is 4.39 Å². The molecule has 3 heterocycles. The Kier molecular flexibility index (Phi) is 6.63. The van der Waals surface area contributed by atoms with E-state index in [1.54, 1.807) is 36.4 Å². The molecule has 5 rings (SSSR count). The van der Waals surface area contributed by atoms with E-state index in [0.717, 1.165) is 12.8 Å². The fraction of sp³-hybridized carbons (Fsp3) is 0.333. The Hall–Kier alpha value is -3.88. The fourth-order valence-corrected chi connectivity index (χ4v) is 4.67. The van der Waals surface area contributed by atoms with Gasteiger partial charge in [0.2, 0.25) is 23.3 Å². The number of carbonyl (C=O) groups excluding carboxylic acids is 2. The van der Waals surface area contributed by atoms with Crippen molar-refractivity contribution in [2.24, 2.45) is 0 Å². The van der Waals surface area contributed by atoms with Gasteiger partial charge in [-0.1, -0.05) is 42.5 Å². The van der Waals surface area contributed by atoms with Crippen LogP contribution in [-0.2, 0) is 16.0 Å². The maximum Gasteiger partial charge on any atom is 0.247 e. The zero-order valence-electron chi connectivity index (χ0n) is 19.5. The van der Waals surface area contributed by atoms with Crippen LogP contribution in [0, 0.1) is 5.95 Å². The molecule has 3 unspecified atom stereocenters. The predicted molar refractivity (Wildman–Crippen MR) is 128 cm³/mol. The molecule has 186 valence electrons. The molecule has 36 heavy (non-hydrogen) atoms. The minimum Gasteiger partial charge on any atom is -0.342 e. The first-order chi connectivity index (χ1) is 17.4.